The number of amides is 2. The maximum atomic E-state index is 12.8. The van der Waals surface area contributed by atoms with Crippen molar-refractivity contribution >= 4 is 17.8 Å². The van der Waals surface area contributed by atoms with Crippen LogP contribution in [0.2, 0.25) is 0 Å². The van der Waals surface area contributed by atoms with E-state index in [1.54, 1.807) is 0 Å². The van der Waals surface area contributed by atoms with Gasteiger partial charge < -0.3 is 15.3 Å². The number of nitrogens with zero attached hydrogens (tertiary/aromatic N) is 1. The molecule has 2 rings (SSSR count). The first-order valence-electron chi connectivity index (χ1n) is 8.80. The van der Waals surface area contributed by atoms with Gasteiger partial charge in [-0.2, -0.15) is 0 Å². The summed E-state index contributed by atoms with van der Waals surface area (Å²) in [7, 11) is 0. The minimum absolute atomic E-state index is 0.0221. The molecule has 6 nitrogen and oxygen atoms in total. The van der Waals surface area contributed by atoms with Gasteiger partial charge in [0.25, 0.3) is 0 Å². The van der Waals surface area contributed by atoms with Gasteiger partial charge in [0.15, 0.2) is 0 Å². The van der Waals surface area contributed by atoms with Gasteiger partial charge in [0.2, 0.25) is 11.8 Å². The van der Waals surface area contributed by atoms with Gasteiger partial charge in [-0.05, 0) is 31.2 Å². The van der Waals surface area contributed by atoms with Gasteiger partial charge in [-0.15, -0.1) is 0 Å². The van der Waals surface area contributed by atoms with Crippen molar-refractivity contribution < 1.29 is 19.5 Å². The van der Waals surface area contributed by atoms with Crippen LogP contribution < -0.4 is 5.32 Å². The van der Waals surface area contributed by atoms with Gasteiger partial charge in [0.05, 0.1) is 12.5 Å². The second kappa shape index (κ2) is 9.20. The highest BCUT2D eigenvalue weighted by molar-refractivity contribution is 5.79. The second-order valence-electron chi connectivity index (χ2n) is 6.54. The summed E-state index contributed by atoms with van der Waals surface area (Å²) >= 11 is 0. The van der Waals surface area contributed by atoms with Gasteiger partial charge in [0.1, 0.15) is 0 Å². The van der Waals surface area contributed by atoms with E-state index in [9.17, 15) is 14.4 Å². The number of hydrogen-bond acceptors (Lipinski definition) is 3. The van der Waals surface area contributed by atoms with Crippen molar-refractivity contribution in [2.75, 3.05) is 6.54 Å². The van der Waals surface area contributed by atoms with Crippen LogP contribution in [0.25, 0.3) is 0 Å². The van der Waals surface area contributed by atoms with E-state index in [-0.39, 0.29) is 36.7 Å². The summed E-state index contributed by atoms with van der Waals surface area (Å²) in [5, 5.41) is 11.8. The Morgan fingerprint density at radius 2 is 1.96 bits per heavy atom. The second-order valence-corrected chi connectivity index (χ2v) is 6.54. The van der Waals surface area contributed by atoms with Crippen molar-refractivity contribution in [3.63, 3.8) is 0 Å². The lowest BCUT2D eigenvalue weighted by atomic mass is 9.96. The highest BCUT2D eigenvalue weighted by Gasteiger charge is 2.29. The highest BCUT2D eigenvalue weighted by atomic mass is 16.4. The van der Waals surface area contributed by atoms with Crippen LogP contribution in [0.4, 0.5) is 0 Å². The zero-order valence-corrected chi connectivity index (χ0v) is 14.6. The number of aliphatic carboxylic acids is 1. The largest absolute Gasteiger partial charge is 0.481 e. The molecule has 1 aromatic rings. The summed E-state index contributed by atoms with van der Waals surface area (Å²) in [4.78, 5) is 37.0. The molecule has 1 heterocycles. The van der Waals surface area contributed by atoms with Crippen molar-refractivity contribution in [3.8, 4) is 0 Å². The molecule has 0 bridgehead atoms. The summed E-state index contributed by atoms with van der Waals surface area (Å²) < 4.78 is 0. The highest BCUT2D eigenvalue weighted by Crippen LogP contribution is 2.25. The van der Waals surface area contributed by atoms with E-state index in [0.717, 1.165) is 24.8 Å². The molecule has 0 unspecified atom stereocenters. The molecule has 6 heteroatoms. The number of likely N-dealkylation sites (tertiary alicyclic amines) is 1. The molecule has 2 atom stereocenters. The number of benzene rings is 1. The third kappa shape index (κ3) is 5.89. The molecule has 1 saturated heterocycles. The van der Waals surface area contributed by atoms with Crippen molar-refractivity contribution in [2.45, 2.75) is 57.5 Å². The maximum absolute atomic E-state index is 12.8. The van der Waals surface area contributed by atoms with E-state index in [1.165, 1.54) is 6.92 Å². The maximum Gasteiger partial charge on any atom is 0.303 e. The fraction of sp³-hybridized carbons (Fsp3) is 0.526. The molecule has 1 aliphatic rings. The molecule has 1 aliphatic heterocycles. The summed E-state index contributed by atoms with van der Waals surface area (Å²) in [6, 6.07) is 9.05. The Kier molecular flexibility index (Phi) is 6.98. The zero-order chi connectivity index (χ0) is 18.2. The SMILES string of the molecule is CC(=O)N[C@@H](CC(=O)N1CCCC[C@@H]1CCC(=O)O)c1ccccc1. The number of nitrogens with one attached hydrogen (secondary N) is 1. The number of piperidine rings is 1. The molecular formula is C19H26N2O4. The average molecular weight is 346 g/mol. The molecule has 0 spiro atoms. The lowest BCUT2D eigenvalue weighted by molar-refractivity contribution is -0.140. The number of carbonyl (C=O) groups is 3. The van der Waals surface area contributed by atoms with Gasteiger partial charge in [-0.1, -0.05) is 30.3 Å². The van der Waals surface area contributed by atoms with Crippen molar-refractivity contribution in [3.05, 3.63) is 35.9 Å². The van der Waals surface area contributed by atoms with E-state index >= 15 is 0 Å². The Balaban J connectivity index is 2.07. The molecule has 0 radical (unpaired) electrons. The van der Waals surface area contributed by atoms with Crippen molar-refractivity contribution in [2.24, 2.45) is 0 Å². The molecule has 0 aromatic heterocycles. The van der Waals surface area contributed by atoms with Crippen LogP contribution in [0.3, 0.4) is 0 Å². The fourth-order valence-corrected chi connectivity index (χ4v) is 3.39. The quantitative estimate of drug-likeness (QED) is 0.794. The topological polar surface area (TPSA) is 86.7 Å². The Hall–Kier alpha value is -2.37. The van der Waals surface area contributed by atoms with Crippen LogP contribution in [-0.4, -0.2) is 40.4 Å². The zero-order valence-electron chi connectivity index (χ0n) is 14.6. The summed E-state index contributed by atoms with van der Waals surface area (Å²) in [5.74, 6) is -1.04. The molecule has 0 saturated carbocycles. The smallest absolute Gasteiger partial charge is 0.303 e. The van der Waals surface area contributed by atoms with Crippen LogP contribution in [-0.2, 0) is 14.4 Å². The monoisotopic (exact) mass is 346 g/mol. The van der Waals surface area contributed by atoms with Crippen LogP contribution in [0.15, 0.2) is 30.3 Å². The van der Waals surface area contributed by atoms with E-state index in [0.29, 0.717) is 13.0 Å². The van der Waals surface area contributed by atoms with Crippen LogP contribution in [0, 0.1) is 0 Å². The Morgan fingerprint density at radius 3 is 2.60 bits per heavy atom. The van der Waals surface area contributed by atoms with Gasteiger partial charge in [-0.3, -0.25) is 14.4 Å². The third-order valence-corrected chi connectivity index (χ3v) is 4.60. The first-order chi connectivity index (χ1) is 12.0. The lowest BCUT2D eigenvalue weighted by Gasteiger charge is -2.36. The summed E-state index contributed by atoms with van der Waals surface area (Å²) in [6.45, 7) is 2.10. The molecule has 2 N–H and O–H groups in total. The van der Waals surface area contributed by atoms with E-state index in [1.807, 2.05) is 35.2 Å². The van der Waals surface area contributed by atoms with Crippen molar-refractivity contribution in [1.82, 2.24) is 10.2 Å². The minimum Gasteiger partial charge on any atom is -0.481 e. The van der Waals surface area contributed by atoms with Crippen LogP contribution >= 0.6 is 0 Å². The molecule has 1 fully saturated rings. The molecule has 2 amide bonds. The van der Waals surface area contributed by atoms with E-state index in [2.05, 4.69) is 5.32 Å². The first-order valence-corrected chi connectivity index (χ1v) is 8.80. The molecule has 1 aromatic carbocycles. The van der Waals surface area contributed by atoms with Gasteiger partial charge in [0, 0.05) is 25.9 Å². The Bertz CT molecular complexity index is 603. The standard InChI is InChI=1S/C19H26N2O4/c1-14(22)20-17(15-7-3-2-4-8-15)13-18(23)21-12-6-5-9-16(21)10-11-19(24)25/h2-4,7-8,16-17H,5-6,9-13H2,1H3,(H,20,22)(H,24,25)/t16-,17+/m1/s1. The lowest BCUT2D eigenvalue weighted by Crippen LogP contribution is -2.45. The van der Waals surface area contributed by atoms with E-state index in [4.69, 9.17) is 5.11 Å². The summed E-state index contributed by atoms with van der Waals surface area (Å²) in [5.41, 5.74) is 0.894. The molecule has 136 valence electrons. The molecule has 0 aliphatic carbocycles. The number of hydrogen-bond donors (Lipinski definition) is 2. The third-order valence-electron chi connectivity index (χ3n) is 4.60. The van der Waals surface area contributed by atoms with Crippen LogP contribution in [0.5, 0.6) is 0 Å². The van der Waals surface area contributed by atoms with E-state index < -0.39 is 5.97 Å². The number of rotatable bonds is 7. The van der Waals surface area contributed by atoms with Crippen LogP contribution in [0.1, 0.15) is 57.1 Å². The predicted octanol–water partition coefficient (Wildman–Crippen LogP) is 2.50. The number of carbonyl (C=O) groups excluding carboxylic acids is 2. The van der Waals surface area contributed by atoms with Gasteiger partial charge in [-0.25, -0.2) is 0 Å². The van der Waals surface area contributed by atoms with Crippen molar-refractivity contribution in [1.29, 1.82) is 0 Å². The molecule has 25 heavy (non-hydrogen) atoms. The number of carboxylic acids is 1. The Labute approximate surface area is 148 Å². The first kappa shape index (κ1) is 19.0. The number of carboxylic acid groups (broad SMARTS) is 1. The fourth-order valence-electron chi connectivity index (χ4n) is 3.39. The minimum atomic E-state index is -0.835. The Morgan fingerprint density at radius 1 is 1.24 bits per heavy atom. The average Bonchev–Trinajstić information content (AvgIpc) is 2.60. The molecular weight excluding hydrogens is 320 g/mol. The van der Waals surface area contributed by atoms with Gasteiger partial charge >= 0.3 is 5.97 Å². The summed E-state index contributed by atoms with van der Waals surface area (Å²) in [6.07, 6.45) is 3.54. The normalized spacial score (nSPS) is 18.4. The predicted molar refractivity (Wildman–Crippen MR) is 93.8 cm³/mol.